The van der Waals surface area contributed by atoms with Crippen LogP contribution in [0.15, 0.2) is 4.42 Å². The number of carbonyl (C=O) groups excluding carboxylic acids is 2. The molecule has 1 atom stereocenters. The van der Waals surface area contributed by atoms with Gasteiger partial charge in [-0.25, -0.2) is 0 Å². The van der Waals surface area contributed by atoms with E-state index >= 15 is 0 Å². The molecule has 0 N–H and O–H groups in total. The van der Waals surface area contributed by atoms with Gasteiger partial charge in [-0.1, -0.05) is 20.8 Å². The summed E-state index contributed by atoms with van der Waals surface area (Å²) in [5, 5.41) is 7.76. The van der Waals surface area contributed by atoms with Crippen LogP contribution >= 0.6 is 11.6 Å². The number of rotatable bonds is 4. The molecule has 2 heterocycles. The van der Waals surface area contributed by atoms with Crippen molar-refractivity contribution < 1.29 is 14.0 Å². The van der Waals surface area contributed by atoms with Crippen molar-refractivity contribution in [1.82, 2.24) is 15.1 Å². The number of halogens is 1. The molecule has 0 spiro atoms. The molecule has 0 aliphatic carbocycles. The summed E-state index contributed by atoms with van der Waals surface area (Å²) in [6, 6.07) is -0.506. The Morgan fingerprint density at radius 3 is 2.67 bits per heavy atom. The lowest BCUT2D eigenvalue weighted by molar-refractivity contribution is -0.130. The molecule has 21 heavy (non-hydrogen) atoms. The lowest BCUT2D eigenvalue weighted by Crippen LogP contribution is -2.40. The van der Waals surface area contributed by atoms with Crippen LogP contribution in [0.5, 0.6) is 0 Å². The molecule has 0 radical (unpaired) electrons. The van der Waals surface area contributed by atoms with E-state index < -0.39 is 6.04 Å². The third-order valence-corrected chi connectivity index (χ3v) is 3.65. The normalized spacial score (nSPS) is 19.0. The van der Waals surface area contributed by atoms with Crippen molar-refractivity contribution in [3.8, 4) is 0 Å². The highest BCUT2D eigenvalue weighted by atomic mass is 35.5. The molecule has 1 amide bonds. The zero-order valence-corrected chi connectivity index (χ0v) is 13.3. The molecule has 1 aromatic rings. The average molecular weight is 314 g/mol. The summed E-state index contributed by atoms with van der Waals surface area (Å²) in [7, 11) is 0. The zero-order valence-electron chi connectivity index (χ0n) is 12.6. The summed E-state index contributed by atoms with van der Waals surface area (Å²) in [6.45, 7) is 6.37. The molecule has 7 heteroatoms. The van der Waals surface area contributed by atoms with E-state index in [4.69, 9.17) is 16.0 Å². The summed E-state index contributed by atoms with van der Waals surface area (Å²) in [4.78, 5) is 26.0. The molecule has 0 saturated carbocycles. The molecule has 116 valence electrons. The first-order valence-electron chi connectivity index (χ1n) is 7.08. The van der Waals surface area contributed by atoms with Gasteiger partial charge in [-0.2, -0.15) is 0 Å². The van der Waals surface area contributed by atoms with Crippen molar-refractivity contribution in [3.05, 3.63) is 11.8 Å². The number of carbonyl (C=O) groups is 2. The Kier molecular flexibility index (Phi) is 4.66. The van der Waals surface area contributed by atoms with Crippen LogP contribution in [0, 0.1) is 0 Å². The molecule has 0 unspecified atom stereocenters. The monoisotopic (exact) mass is 313 g/mol. The first-order chi connectivity index (χ1) is 9.84. The first-order valence-corrected chi connectivity index (χ1v) is 7.61. The topological polar surface area (TPSA) is 76.3 Å². The minimum atomic E-state index is -0.506. The number of hydrogen-bond acceptors (Lipinski definition) is 5. The zero-order chi connectivity index (χ0) is 15.6. The van der Waals surface area contributed by atoms with Gasteiger partial charge in [-0.15, -0.1) is 21.8 Å². The van der Waals surface area contributed by atoms with Crippen molar-refractivity contribution in [3.63, 3.8) is 0 Å². The molecule has 6 nitrogen and oxygen atoms in total. The Hall–Kier alpha value is -1.43. The van der Waals surface area contributed by atoms with Gasteiger partial charge in [-0.3, -0.25) is 9.59 Å². The van der Waals surface area contributed by atoms with Crippen molar-refractivity contribution >= 4 is 23.3 Å². The fraction of sp³-hybridized carbons (Fsp3) is 0.714. The number of hydrogen-bond donors (Lipinski definition) is 0. The van der Waals surface area contributed by atoms with Gasteiger partial charge in [0.2, 0.25) is 17.6 Å². The van der Waals surface area contributed by atoms with Gasteiger partial charge in [0, 0.05) is 24.3 Å². The number of ketones is 1. The van der Waals surface area contributed by atoms with Gasteiger partial charge in [0.05, 0.1) is 0 Å². The maximum atomic E-state index is 12.5. The van der Waals surface area contributed by atoms with Crippen LogP contribution in [0.4, 0.5) is 0 Å². The predicted octanol–water partition coefficient (Wildman–Crippen LogP) is 2.17. The van der Waals surface area contributed by atoms with E-state index in [1.165, 1.54) is 0 Å². The second-order valence-corrected chi connectivity index (χ2v) is 6.59. The molecule has 1 saturated heterocycles. The number of alkyl halides is 1. The molecule has 1 aliphatic heterocycles. The summed E-state index contributed by atoms with van der Waals surface area (Å²) in [5.41, 5.74) is -0.310. The minimum absolute atomic E-state index is 0.0181. The summed E-state index contributed by atoms with van der Waals surface area (Å²) < 4.78 is 5.47. The van der Waals surface area contributed by atoms with Gasteiger partial charge in [-0.05, 0) is 12.8 Å². The Morgan fingerprint density at radius 1 is 1.38 bits per heavy atom. The van der Waals surface area contributed by atoms with E-state index in [-0.39, 0.29) is 35.3 Å². The third-order valence-electron chi connectivity index (χ3n) is 3.46. The van der Waals surface area contributed by atoms with E-state index in [1.807, 2.05) is 20.8 Å². The molecule has 1 fully saturated rings. The predicted molar refractivity (Wildman–Crippen MR) is 77.4 cm³/mol. The Bertz CT molecular complexity index is 536. The van der Waals surface area contributed by atoms with Gasteiger partial charge in [0.1, 0.15) is 6.04 Å². The number of amides is 1. The molecule has 0 bridgehead atoms. The largest absolute Gasteiger partial charge is 0.418 e. The lowest BCUT2D eigenvalue weighted by Gasteiger charge is -2.22. The Labute approximate surface area is 128 Å². The smallest absolute Gasteiger partial charge is 0.286 e. The van der Waals surface area contributed by atoms with Gasteiger partial charge >= 0.3 is 0 Å². The lowest BCUT2D eigenvalue weighted by atomic mass is 9.97. The average Bonchev–Trinajstić information content (AvgIpc) is 3.07. The van der Waals surface area contributed by atoms with Crippen LogP contribution in [-0.2, 0) is 10.2 Å². The van der Waals surface area contributed by atoms with Gasteiger partial charge in [0.15, 0.2) is 0 Å². The SMILES string of the molecule is CC(C)(C)c1nnc(C(=O)[C@@H]2CCCN2C(=O)CCCl)o1. The summed E-state index contributed by atoms with van der Waals surface area (Å²) >= 11 is 5.60. The van der Waals surface area contributed by atoms with Gasteiger partial charge in [0.25, 0.3) is 5.89 Å². The molecular formula is C14H20ClN3O3. The molecule has 0 aromatic carbocycles. The van der Waals surface area contributed by atoms with Crippen molar-refractivity contribution in [2.24, 2.45) is 0 Å². The maximum Gasteiger partial charge on any atom is 0.286 e. The van der Waals surface area contributed by atoms with Crippen LogP contribution in [-0.4, -0.2) is 45.3 Å². The van der Waals surface area contributed by atoms with E-state index in [0.717, 1.165) is 6.42 Å². The van der Waals surface area contributed by atoms with Crippen LogP contribution in [0.1, 0.15) is 56.6 Å². The standard InChI is InChI=1S/C14H20ClN3O3/c1-14(2,3)13-17-16-12(21-13)11(20)9-5-4-8-18(9)10(19)6-7-15/h9H,4-8H2,1-3H3/t9-/m0/s1. The highest BCUT2D eigenvalue weighted by molar-refractivity contribution is 6.19. The molecule has 2 rings (SSSR count). The van der Waals surface area contributed by atoms with Crippen LogP contribution in [0.2, 0.25) is 0 Å². The fourth-order valence-corrected chi connectivity index (χ4v) is 2.49. The highest BCUT2D eigenvalue weighted by Gasteiger charge is 2.37. The quantitative estimate of drug-likeness (QED) is 0.629. The Balaban J connectivity index is 2.15. The number of Topliss-reactive ketones (excluding diaryl/α,β-unsaturated/α-hetero) is 1. The second kappa shape index (κ2) is 6.13. The molecule has 1 aliphatic rings. The third kappa shape index (κ3) is 3.43. The van der Waals surface area contributed by atoms with E-state index in [1.54, 1.807) is 4.90 Å². The summed E-state index contributed by atoms with van der Waals surface area (Å²) in [6.07, 6.45) is 1.66. The van der Waals surface area contributed by atoms with E-state index in [2.05, 4.69) is 10.2 Å². The first kappa shape index (κ1) is 15.9. The minimum Gasteiger partial charge on any atom is -0.418 e. The van der Waals surface area contributed by atoms with E-state index in [9.17, 15) is 9.59 Å². The van der Waals surface area contributed by atoms with Crippen LogP contribution in [0.25, 0.3) is 0 Å². The highest BCUT2D eigenvalue weighted by Crippen LogP contribution is 2.24. The van der Waals surface area contributed by atoms with Crippen molar-refractivity contribution in [1.29, 1.82) is 0 Å². The van der Waals surface area contributed by atoms with Crippen molar-refractivity contribution in [2.45, 2.75) is 51.5 Å². The van der Waals surface area contributed by atoms with Crippen LogP contribution in [0.3, 0.4) is 0 Å². The van der Waals surface area contributed by atoms with E-state index in [0.29, 0.717) is 18.9 Å². The van der Waals surface area contributed by atoms with Crippen LogP contribution < -0.4 is 0 Å². The Morgan fingerprint density at radius 2 is 2.10 bits per heavy atom. The number of likely N-dealkylation sites (tertiary alicyclic amines) is 1. The molecular weight excluding hydrogens is 294 g/mol. The number of nitrogens with zero attached hydrogens (tertiary/aromatic N) is 3. The molecule has 1 aromatic heterocycles. The van der Waals surface area contributed by atoms with Gasteiger partial charge < -0.3 is 9.32 Å². The maximum absolute atomic E-state index is 12.5. The number of aromatic nitrogens is 2. The summed E-state index contributed by atoms with van der Waals surface area (Å²) in [5.74, 6) is 0.276. The second-order valence-electron chi connectivity index (χ2n) is 6.21. The van der Waals surface area contributed by atoms with Crippen molar-refractivity contribution in [2.75, 3.05) is 12.4 Å². The fourth-order valence-electron chi connectivity index (χ4n) is 2.33.